The molecule has 2 unspecified atom stereocenters. The molecule has 2 aliphatic rings. The number of carbonyl (C=O) groups excluding carboxylic acids is 3. The number of amides is 1. The van der Waals surface area contributed by atoms with E-state index >= 15 is 0 Å². The molecule has 1 heterocycles. The number of carbonyl (C=O) groups is 2. The first kappa shape index (κ1) is 23.8. The van der Waals surface area contributed by atoms with Crippen LogP contribution in [0.3, 0.4) is 0 Å². The normalized spacial score (nSPS) is 30.7. The van der Waals surface area contributed by atoms with Gasteiger partial charge in [0.05, 0.1) is 6.54 Å². The molecule has 0 spiro atoms. The molecule has 1 amide bonds. The standard InChI is InChI=1S/C21H34ClN3O4/c1-18(2)9-15(10-21(7,11-18)12-23-13-26)8-16(27)29-14-24-17(28)19(3,4)25(22)20(24,5)6/h15H,8-12,14H2,1-7H3. The maximum Gasteiger partial charge on any atom is 0.307 e. The van der Waals surface area contributed by atoms with Crippen LogP contribution in [0.5, 0.6) is 0 Å². The maximum atomic E-state index is 12.7. The molecule has 0 aromatic carbocycles. The van der Waals surface area contributed by atoms with Gasteiger partial charge < -0.3 is 4.74 Å². The molecule has 0 radical (unpaired) electrons. The van der Waals surface area contributed by atoms with Crippen LogP contribution in [0.25, 0.3) is 0 Å². The third-order valence-electron chi connectivity index (χ3n) is 6.26. The van der Waals surface area contributed by atoms with Crippen LogP contribution in [-0.4, -0.2) is 51.8 Å². The summed E-state index contributed by atoms with van der Waals surface area (Å²) < 4.78 is 6.96. The number of ether oxygens (including phenoxy) is 1. The summed E-state index contributed by atoms with van der Waals surface area (Å²) in [5.41, 5.74) is -1.72. The highest BCUT2D eigenvalue weighted by Crippen LogP contribution is 2.49. The number of hydrogen-bond donors (Lipinski definition) is 0. The molecule has 0 aromatic heterocycles. The van der Waals surface area contributed by atoms with Crippen LogP contribution in [0, 0.1) is 16.7 Å². The number of aliphatic imine (C=N–C) groups is 1. The molecule has 0 N–H and O–H groups in total. The lowest BCUT2D eigenvalue weighted by atomic mass is 9.60. The number of hydrogen-bond acceptors (Lipinski definition) is 6. The van der Waals surface area contributed by atoms with Crippen molar-refractivity contribution < 1.29 is 19.1 Å². The van der Waals surface area contributed by atoms with Gasteiger partial charge in [-0.25, -0.2) is 9.79 Å². The van der Waals surface area contributed by atoms with Crippen molar-refractivity contribution in [1.29, 1.82) is 0 Å². The summed E-state index contributed by atoms with van der Waals surface area (Å²) in [7, 11) is 0. The molecule has 8 heteroatoms. The van der Waals surface area contributed by atoms with Crippen LogP contribution < -0.4 is 0 Å². The zero-order chi connectivity index (χ0) is 22.3. The molecule has 164 valence electrons. The van der Waals surface area contributed by atoms with E-state index in [-0.39, 0.29) is 41.8 Å². The van der Waals surface area contributed by atoms with E-state index in [1.807, 2.05) is 13.8 Å². The van der Waals surface area contributed by atoms with Crippen molar-refractivity contribution in [3.8, 4) is 0 Å². The minimum Gasteiger partial charge on any atom is -0.444 e. The van der Waals surface area contributed by atoms with Crippen LogP contribution in [0.1, 0.15) is 74.1 Å². The quantitative estimate of drug-likeness (QED) is 0.278. The summed E-state index contributed by atoms with van der Waals surface area (Å²) in [4.78, 5) is 41.1. The van der Waals surface area contributed by atoms with E-state index in [9.17, 15) is 14.4 Å². The van der Waals surface area contributed by atoms with Crippen LogP contribution in [-0.2, 0) is 19.1 Å². The van der Waals surface area contributed by atoms with Gasteiger partial charge in [0, 0.05) is 6.42 Å². The monoisotopic (exact) mass is 427 g/mol. The molecule has 2 rings (SSSR count). The molecule has 1 saturated carbocycles. The molecular weight excluding hydrogens is 394 g/mol. The van der Waals surface area contributed by atoms with E-state index in [1.54, 1.807) is 19.9 Å². The van der Waals surface area contributed by atoms with Crippen molar-refractivity contribution >= 4 is 29.7 Å². The molecule has 0 bridgehead atoms. The zero-order valence-corrected chi connectivity index (χ0v) is 19.4. The molecule has 2 fully saturated rings. The molecule has 2 atom stereocenters. The Labute approximate surface area is 178 Å². The topological polar surface area (TPSA) is 79.3 Å². The van der Waals surface area contributed by atoms with Crippen molar-refractivity contribution in [3.05, 3.63) is 0 Å². The smallest absolute Gasteiger partial charge is 0.307 e. The van der Waals surface area contributed by atoms with Gasteiger partial charge in [-0.1, -0.05) is 20.8 Å². The molecule has 1 saturated heterocycles. The second kappa shape index (κ2) is 8.01. The Bertz CT molecular complexity index is 715. The first-order valence-electron chi connectivity index (χ1n) is 10.1. The number of esters is 1. The summed E-state index contributed by atoms with van der Waals surface area (Å²) in [5.74, 6) is -0.367. The minimum absolute atomic E-state index is 0.0480. The van der Waals surface area contributed by atoms with Crippen molar-refractivity contribution in [1.82, 2.24) is 9.32 Å². The highest BCUT2D eigenvalue weighted by Gasteiger charge is 2.56. The third kappa shape index (κ3) is 5.01. The van der Waals surface area contributed by atoms with Gasteiger partial charge in [-0.15, -0.1) is 0 Å². The van der Waals surface area contributed by atoms with E-state index in [1.165, 1.54) is 9.32 Å². The first-order valence-corrected chi connectivity index (χ1v) is 10.5. The van der Waals surface area contributed by atoms with Gasteiger partial charge in [-0.3, -0.25) is 14.5 Å². The number of halogens is 1. The van der Waals surface area contributed by atoms with Crippen LogP contribution in [0.15, 0.2) is 4.99 Å². The van der Waals surface area contributed by atoms with Gasteiger partial charge in [-0.05, 0) is 75.5 Å². The van der Waals surface area contributed by atoms with E-state index in [2.05, 4.69) is 25.8 Å². The minimum atomic E-state index is -0.869. The fourth-order valence-corrected chi connectivity index (χ4v) is 5.60. The van der Waals surface area contributed by atoms with Gasteiger partial charge in [0.1, 0.15) is 11.2 Å². The van der Waals surface area contributed by atoms with Gasteiger partial charge >= 0.3 is 5.97 Å². The molecule has 1 aliphatic carbocycles. The Hall–Kier alpha value is -1.43. The van der Waals surface area contributed by atoms with Gasteiger partial charge in [0.15, 0.2) is 6.73 Å². The Morgan fingerprint density at radius 3 is 2.34 bits per heavy atom. The van der Waals surface area contributed by atoms with Crippen molar-refractivity contribution in [2.24, 2.45) is 21.7 Å². The Kier molecular flexibility index (Phi) is 6.59. The number of isocyanates is 1. The third-order valence-corrected chi connectivity index (χ3v) is 7.10. The van der Waals surface area contributed by atoms with Gasteiger partial charge in [0.25, 0.3) is 0 Å². The lowest BCUT2D eigenvalue weighted by molar-refractivity contribution is -0.157. The number of rotatable bonds is 6. The predicted octanol–water partition coefficient (Wildman–Crippen LogP) is 3.86. The van der Waals surface area contributed by atoms with E-state index in [4.69, 9.17) is 16.5 Å². The largest absolute Gasteiger partial charge is 0.444 e. The summed E-state index contributed by atoms with van der Waals surface area (Å²) in [6, 6.07) is 0. The summed E-state index contributed by atoms with van der Waals surface area (Å²) in [6.45, 7) is 13.9. The van der Waals surface area contributed by atoms with E-state index in [0.29, 0.717) is 6.54 Å². The molecule has 29 heavy (non-hydrogen) atoms. The molecular formula is C21H34ClN3O4. The van der Waals surface area contributed by atoms with Crippen molar-refractivity contribution in [2.45, 2.75) is 85.4 Å². The second-order valence-corrected chi connectivity index (χ2v) is 11.1. The first-order chi connectivity index (χ1) is 13.1. The lowest BCUT2D eigenvalue weighted by Gasteiger charge is -2.45. The zero-order valence-electron chi connectivity index (χ0n) is 18.7. The summed E-state index contributed by atoms with van der Waals surface area (Å²) >= 11 is 6.35. The fourth-order valence-electron chi connectivity index (χ4n) is 5.44. The fraction of sp³-hybridized carbons (Fsp3) is 0.857. The summed E-state index contributed by atoms with van der Waals surface area (Å²) in [6.07, 6.45) is 4.55. The van der Waals surface area contributed by atoms with Crippen LogP contribution in [0.4, 0.5) is 0 Å². The van der Waals surface area contributed by atoms with Crippen LogP contribution >= 0.6 is 11.8 Å². The van der Waals surface area contributed by atoms with E-state index < -0.39 is 11.2 Å². The lowest BCUT2D eigenvalue weighted by Crippen LogP contribution is -2.47. The Morgan fingerprint density at radius 1 is 1.21 bits per heavy atom. The van der Waals surface area contributed by atoms with Gasteiger partial charge in [-0.2, -0.15) is 4.42 Å². The predicted molar refractivity (Wildman–Crippen MR) is 110 cm³/mol. The maximum absolute atomic E-state index is 12.7. The molecule has 1 aliphatic heterocycles. The van der Waals surface area contributed by atoms with Crippen molar-refractivity contribution in [2.75, 3.05) is 13.3 Å². The van der Waals surface area contributed by atoms with Crippen LogP contribution in [0.2, 0.25) is 0 Å². The highest BCUT2D eigenvalue weighted by atomic mass is 35.5. The van der Waals surface area contributed by atoms with E-state index in [0.717, 1.165) is 19.3 Å². The van der Waals surface area contributed by atoms with Gasteiger partial charge in [0.2, 0.25) is 12.0 Å². The van der Waals surface area contributed by atoms with Crippen molar-refractivity contribution in [3.63, 3.8) is 0 Å². The molecule has 0 aromatic rings. The SMILES string of the molecule is CC1(C)CC(CC(=O)OCN2C(=O)C(C)(C)N(Cl)C2(C)C)CC(C)(CN=C=O)C1. The number of nitrogens with zero attached hydrogens (tertiary/aromatic N) is 3. The highest BCUT2D eigenvalue weighted by molar-refractivity contribution is 6.17. The average Bonchev–Trinajstić information content (AvgIpc) is 2.67. The average molecular weight is 428 g/mol. The summed E-state index contributed by atoms with van der Waals surface area (Å²) in [5, 5.41) is 0. The Balaban J connectivity index is 2.00. The second-order valence-electron chi connectivity index (χ2n) is 10.8. The Morgan fingerprint density at radius 2 is 1.83 bits per heavy atom. The molecule has 7 nitrogen and oxygen atoms in total.